The van der Waals surface area contributed by atoms with Gasteiger partial charge in [0.15, 0.2) is 0 Å². The van der Waals surface area contributed by atoms with Gasteiger partial charge in [0.1, 0.15) is 0 Å². The number of benzene rings is 1. The minimum atomic E-state index is -3.45. The van der Waals surface area contributed by atoms with Gasteiger partial charge < -0.3 is 5.11 Å². The third kappa shape index (κ3) is 3.18. The molecular formula is C12H15NO4S. The highest BCUT2D eigenvalue weighted by Gasteiger charge is 2.17. The zero-order valence-electron chi connectivity index (χ0n) is 10.4. The van der Waals surface area contributed by atoms with E-state index in [-0.39, 0.29) is 4.90 Å². The molecule has 0 aliphatic heterocycles. The highest BCUT2D eigenvalue weighted by molar-refractivity contribution is 7.89. The molecule has 0 bridgehead atoms. The van der Waals surface area contributed by atoms with Crippen molar-refractivity contribution in [3.05, 3.63) is 35.4 Å². The van der Waals surface area contributed by atoms with E-state index >= 15 is 0 Å². The molecule has 0 fully saturated rings. The van der Waals surface area contributed by atoms with Crippen molar-refractivity contribution in [2.24, 2.45) is 0 Å². The molecule has 0 aromatic heterocycles. The van der Waals surface area contributed by atoms with E-state index < -0.39 is 16.0 Å². The normalized spacial score (nSPS) is 12.2. The summed E-state index contributed by atoms with van der Waals surface area (Å²) in [4.78, 5) is 10.6. The van der Waals surface area contributed by atoms with E-state index in [1.807, 2.05) is 0 Å². The molecule has 0 aliphatic carbocycles. The number of rotatable bonds is 4. The third-order valence-corrected chi connectivity index (χ3v) is 4.24. The molecule has 0 saturated heterocycles. The van der Waals surface area contributed by atoms with E-state index in [0.29, 0.717) is 11.1 Å². The summed E-state index contributed by atoms with van der Waals surface area (Å²) < 4.78 is 24.9. The molecular weight excluding hydrogens is 254 g/mol. The molecule has 0 spiro atoms. The van der Waals surface area contributed by atoms with Gasteiger partial charge in [-0.25, -0.2) is 17.5 Å². The summed E-state index contributed by atoms with van der Waals surface area (Å²) >= 11 is 0. The Hall–Kier alpha value is -1.66. The lowest BCUT2D eigenvalue weighted by molar-refractivity contribution is -0.131. The van der Waals surface area contributed by atoms with Crippen LogP contribution in [0.15, 0.2) is 29.2 Å². The van der Waals surface area contributed by atoms with Crippen molar-refractivity contribution in [2.45, 2.75) is 11.8 Å². The number of carbonyl (C=O) groups is 1. The van der Waals surface area contributed by atoms with E-state index in [4.69, 9.17) is 5.11 Å². The standard InChI is InChI=1S/C12H15NO4S/c1-9-8-11(18(16,17)13(2)3)6-4-10(9)5-7-12(14)15/h4-8H,1-3H3,(H,14,15)/b7-5+. The number of hydrogen-bond acceptors (Lipinski definition) is 3. The average Bonchev–Trinajstić information content (AvgIpc) is 2.26. The minimum absolute atomic E-state index is 0.192. The number of nitrogens with zero attached hydrogens (tertiary/aromatic N) is 1. The monoisotopic (exact) mass is 269 g/mol. The first-order chi connectivity index (χ1) is 8.25. The van der Waals surface area contributed by atoms with Gasteiger partial charge in [-0.3, -0.25) is 0 Å². The SMILES string of the molecule is Cc1cc(S(=O)(=O)N(C)C)ccc1/C=C/C(=O)O. The van der Waals surface area contributed by atoms with E-state index in [9.17, 15) is 13.2 Å². The van der Waals surface area contributed by atoms with Crippen molar-refractivity contribution in [3.8, 4) is 0 Å². The highest BCUT2D eigenvalue weighted by Crippen LogP contribution is 2.18. The summed E-state index contributed by atoms with van der Waals surface area (Å²) in [5.41, 5.74) is 1.38. The van der Waals surface area contributed by atoms with Crippen LogP contribution in [0, 0.1) is 6.92 Å². The molecule has 0 aliphatic rings. The Morgan fingerprint density at radius 3 is 2.39 bits per heavy atom. The summed E-state index contributed by atoms with van der Waals surface area (Å²) in [6.07, 6.45) is 2.45. The summed E-state index contributed by atoms with van der Waals surface area (Å²) in [5.74, 6) is -1.04. The second kappa shape index (κ2) is 5.32. The third-order valence-electron chi connectivity index (χ3n) is 2.43. The molecule has 0 amide bonds. The lowest BCUT2D eigenvalue weighted by atomic mass is 10.1. The van der Waals surface area contributed by atoms with E-state index in [1.54, 1.807) is 13.0 Å². The van der Waals surface area contributed by atoms with E-state index in [0.717, 1.165) is 10.4 Å². The smallest absolute Gasteiger partial charge is 0.328 e. The van der Waals surface area contributed by atoms with Crippen LogP contribution in [0.1, 0.15) is 11.1 Å². The molecule has 98 valence electrons. The van der Waals surface area contributed by atoms with Crippen molar-refractivity contribution in [2.75, 3.05) is 14.1 Å². The number of carboxylic acid groups (broad SMARTS) is 1. The fourth-order valence-electron chi connectivity index (χ4n) is 1.37. The molecule has 1 aromatic rings. The minimum Gasteiger partial charge on any atom is -0.478 e. The predicted molar refractivity (Wildman–Crippen MR) is 68.7 cm³/mol. The van der Waals surface area contributed by atoms with Crippen LogP contribution in [-0.4, -0.2) is 37.9 Å². The van der Waals surface area contributed by atoms with Crippen LogP contribution in [0.3, 0.4) is 0 Å². The van der Waals surface area contributed by atoms with Crippen LogP contribution in [0.2, 0.25) is 0 Å². The largest absolute Gasteiger partial charge is 0.478 e. The van der Waals surface area contributed by atoms with Crippen LogP contribution >= 0.6 is 0 Å². The van der Waals surface area contributed by atoms with Crippen LogP contribution < -0.4 is 0 Å². The lowest BCUT2D eigenvalue weighted by Crippen LogP contribution is -2.22. The summed E-state index contributed by atoms with van der Waals surface area (Å²) in [6, 6.07) is 4.58. The van der Waals surface area contributed by atoms with Gasteiger partial charge in [0, 0.05) is 20.2 Å². The van der Waals surface area contributed by atoms with Crippen molar-refractivity contribution < 1.29 is 18.3 Å². The molecule has 18 heavy (non-hydrogen) atoms. The Labute approximate surface area is 106 Å². The maximum absolute atomic E-state index is 11.9. The Morgan fingerprint density at radius 2 is 1.94 bits per heavy atom. The molecule has 1 aromatic carbocycles. The van der Waals surface area contributed by atoms with Crippen molar-refractivity contribution in [3.63, 3.8) is 0 Å². The van der Waals surface area contributed by atoms with Gasteiger partial charge in [-0.05, 0) is 36.3 Å². The Morgan fingerprint density at radius 1 is 1.33 bits per heavy atom. The Bertz CT molecular complexity index is 588. The summed E-state index contributed by atoms with van der Waals surface area (Å²) in [7, 11) is -0.532. The molecule has 1 N–H and O–H groups in total. The molecule has 6 heteroatoms. The van der Waals surface area contributed by atoms with E-state index in [1.165, 1.54) is 32.3 Å². The molecule has 0 atom stereocenters. The van der Waals surface area contributed by atoms with Gasteiger partial charge in [0.05, 0.1) is 4.90 Å². The van der Waals surface area contributed by atoms with Gasteiger partial charge in [0.25, 0.3) is 0 Å². The van der Waals surface area contributed by atoms with Crippen molar-refractivity contribution in [1.29, 1.82) is 0 Å². The van der Waals surface area contributed by atoms with Crippen LogP contribution in [0.4, 0.5) is 0 Å². The second-order valence-corrected chi connectivity index (χ2v) is 6.13. The first-order valence-electron chi connectivity index (χ1n) is 5.19. The quantitative estimate of drug-likeness (QED) is 0.837. The lowest BCUT2D eigenvalue weighted by Gasteiger charge is -2.12. The first kappa shape index (κ1) is 14.4. The highest BCUT2D eigenvalue weighted by atomic mass is 32.2. The number of aliphatic carboxylic acids is 1. The molecule has 1 rings (SSSR count). The predicted octanol–water partition coefficient (Wildman–Crippen LogP) is 1.34. The van der Waals surface area contributed by atoms with Crippen LogP contribution in [-0.2, 0) is 14.8 Å². The van der Waals surface area contributed by atoms with Crippen molar-refractivity contribution in [1.82, 2.24) is 4.31 Å². The number of hydrogen-bond donors (Lipinski definition) is 1. The zero-order valence-corrected chi connectivity index (χ0v) is 11.2. The Balaban J connectivity index is 3.19. The maximum Gasteiger partial charge on any atom is 0.328 e. The zero-order chi connectivity index (χ0) is 13.9. The molecule has 0 saturated carbocycles. The maximum atomic E-state index is 11.9. The summed E-state index contributed by atoms with van der Waals surface area (Å²) in [6.45, 7) is 1.73. The van der Waals surface area contributed by atoms with Gasteiger partial charge in [-0.15, -0.1) is 0 Å². The van der Waals surface area contributed by atoms with E-state index in [2.05, 4.69) is 0 Å². The van der Waals surface area contributed by atoms with Gasteiger partial charge in [-0.1, -0.05) is 6.07 Å². The number of aryl methyl sites for hydroxylation is 1. The van der Waals surface area contributed by atoms with Gasteiger partial charge >= 0.3 is 5.97 Å². The summed E-state index contributed by atoms with van der Waals surface area (Å²) in [5, 5.41) is 8.53. The van der Waals surface area contributed by atoms with Gasteiger partial charge in [-0.2, -0.15) is 0 Å². The molecule has 0 heterocycles. The second-order valence-electron chi connectivity index (χ2n) is 3.98. The number of sulfonamides is 1. The Kier molecular flexibility index (Phi) is 4.26. The van der Waals surface area contributed by atoms with Crippen LogP contribution in [0.25, 0.3) is 6.08 Å². The topological polar surface area (TPSA) is 74.7 Å². The fourth-order valence-corrected chi connectivity index (χ4v) is 2.35. The first-order valence-corrected chi connectivity index (χ1v) is 6.63. The number of carboxylic acids is 1. The van der Waals surface area contributed by atoms with Gasteiger partial charge in [0.2, 0.25) is 10.0 Å². The van der Waals surface area contributed by atoms with Crippen molar-refractivity contribution >= 4 is 22.1 Å². The van der Waals surface area contributed by atoms with Crippen LogP contribution in [0.5, 0.6) is 0 Å². The molecule has 0 radical (unpaired) electrons. The fraction of sp³-hybridized carbons (Fsp3) is 0.250. The molecule has 0 unspecified atom stereocenters. The average molecular weight is 269 g/mol. The molecule has 5 nitrogen and oxygen atoms in total.